The van der Waals surface area contributed by atoms with Crippen LogP contribution in [0.1, 0.15) is 0 Å². The molecule has 0 amide bonds. The first-order valence-electron chi connectivity index (χ1n) is 8.87. The molecule has 0 unspecified atom stereocenters. The molecule has 0 aliphatic carbocycles. The lowest BCUT2D eigenvalue weighted by atomic mass is 10.0. The Morgan fingerprint density at radius 1 is 0.636 bits per heavy atom. The quantitative estimate of drug-likeness (QED) is 0.0775. The van der Waals surface area contributed by atoms with Crippen LogP contribution in [0.4, 0.5) is 0 Å². The molecule has 2 saturated heterocycles. The van der Waals surface area contributed by atoms with E-state index < -0.39 is 83.9 Å². The fourth-order valence-corrected chi connectivity index (χ4v) is 4.82. The summed E-state index contributed by atoms with van der Waals surface area (Å²) in [5.74, 6) is 0. The van der Waals surface area contributed by atoms with Crippen LogP contribution in [-0.2, 0) is 45.9 Å². The minimum atomic E-state index is -4.47. The summed E-state index contributed by atoms with van der Waals surface area (Å²) in [7, 11) is -8.93. The zero-order valence-corrected chi connectivity index (χ0v) is 18.0. The van der Waals surface area contributed by atoms with Crippen LogP contribution in [0.25, 0.3) is 0 Å². The maximum absolute atomic E-state index is 12.0. The first kappa shape index (κ1) is 28.5. The molecule has 33 heavy (non-hydrogen) atoms. The van der Waals surface area contributed by atoms with Crippen LogP contribution in [0.2, 0.25) is 0 Å². The maximum Gasteiger partial charge on any atom is 0.487 e. The molecule has 0 aromatic rings. The Morgan fingerprint density at radius 2 is 0.939 bits per heavy atom. The summed E-state index contributed by atoms with van der Waals surface area (Å²) in [6.45, 7) is -1.99. The fraction of sp³-hybridized carbons (Fsp3) is 0.846. The maximum atomic E-state index is 12.0. The van der Waals surface area contributed by atoms with E-state index in [-0.39, 0.29) is 12.6 Å². The third-order valence-corrected chi connectivity index (χ3v) is 6.89. The average molecular weight is 528 g/mol. The number of hydrogen-bond acceptors (Lipinski definition) is 18. The van der Waals surface area contributed by atoms with Gasteiger partial charge in [0.25, 0.3) is 0 Å². The van der Waals surface area contributed by atoms with Gasteiger partial charge in [-0.05, 0) is 0 Å². The first-order chi connectivity index (χ1) is 15.2. The highest BCUT2D eigenvalue weighted by atomic mass is 31.2. The van der Waals surface area contributed by atoms with Crippen LogP contribution in [0.15, 0.2) is 0 Å². The van der Waals surface area contributed by atoms with Gasteiger partial charge in [0, 0.05) is 0 Å². The molecule has 18 nitrogen and oxygen atoms in total. The summed E-state index contributed by atoms with van der Waals surface area (Å²) in [6.07, 6.45) is -19.1. The Bertz CT molecular complexity index is 704. The van der Waals surface area contributed by atoms with Crippen molar-refractivity contribution in [2.45, 2.75) is 55.0 Å². The predicted molar refractivity (Wildman–Crippen MR) is 94.4 cm³/mol. The van der Waals surface area contributed by atoms with Crippen molar-refractivity contribution in [3.8, 4) is 0 Å². The molecule has 2 heterocycles. The van der Waals surface area contributed by atoms with Gasteiger partial charge in [0.15, 0.2) is 12.6 Å². The Morgan fingerprint density at radius 3 is 1.21 bits per heavy atom. The Hall–Kier alpha value is -0.760. The summed E-state index contributed by atoms with van der Waals surface area (Å²) >= 11 is 0. The molecule has 0 bridgehead atoms. The van der Waals surface area contributed by atoms with Gasteiger partial charge >= 0.3 is 21.8 Å². The van der Waals surface area contributed by atoms with Gasteiger partial charge < -0.3 is 50.4 Å². The summed E-state index contributed by atoms with van der Waals surface area (Å²) < 4.78 is 51.5. The third kappa shape index (κ3) is 6.68. The standard InChI is InChI=1S/C13H22O18P2/c14-1-5(16)9(20)11(22)7(18)3-26-32(24)28-13(29-32)30-33(25,31-13)27-4-8(19)12(23)10(21)6(17)2-15/h1-2,5-12,16-23H,3-4H2/t5-,6-,7+,8+,9+,10+,11+,12+,13?,32?,33?/m0/s1. The molecule has 2 aliphatic rings. The van der Waals surface area contributed by atoms with Crippen molar-refractivity contribution in [1.82, 2.24) is 0 Å². The van der Waals surface area contributed by atoms with Gasteiger partial charge in [0.05, 0.1) is 13.2 Å². The van der Waals surface area contributed by atoms with E-state index in [0.29, 0.717) is 0 Å². The van der Waals surface area contributed by atoms with Crippen LogP contribution < -0.4 is 0 Å². The lowest BCUT2D eigenvalue weighted by molar-refractivity contribution is -0.482. The van der Waals surface area contributed by atoms with Gasteiger partial charge in [-0.1, -0.05) is 0 Å². The number of aliphatic hydroxyl groups excluding tert-OH is 8. The summed E-state index contributed by atoms with van der Waals surface area (Å²) in [6, 6.07) is 0. The normalized spacial score (nSPS) is 36.4. The summed E-state index contributed by atoms with van der Waals surface area (Å²) in [4.78, 5) is 20.7. The molecule has 20 heteroatoms. The number of carbonyl (C=O) groups excluding carboxylic acids is 2. The molecule has 8 N–H and O–H groups in total. The van der Waals surface area contributed by atoms with E-state index in [2.05, 4.69) is 27.1 Å². The second-order valence-electron chi connectivity index (χ2n) is 6.70. The molecule has 0 aromatic heterocycles. The first-order valence-corrected chi connectivity index (χ1v) is 11.8. The molecular formula is C13H22O18P2. The lowest BCUT2D eigenvalue weighted by Crippen LogP contribution is -2.54. The van der Waals surface area contributed by atoms with E-state index in [1.165, 1.54) is 0 Å². The average Bonchev–Trinajstić information content (AvgIpc) is 2.75. The number of hydrogen-bond donors (Lipinski definition) is 8. The van der Waals surface area contributed by atoms with Crippen molar-refractivity contribution >= 4 is 28.2 Å². The molecule has 0 aromatic carbocycles. The molecule has 2 aliphatic heterocycles. The fourth-order valence-electron chi connectivity index (χ4n) is 2.29. The Balaban J connectivity index is 1.75. The molecular weight excluding hydrogens is 506 g/mol. The Labute approximate surface area is 184 Å². The molecule has 8 atom stereocenters. The van der Waals surface area contributed by atoms with E-state index in [9.17, 15) is 49.4 Å². The lowest BCUT2D eigenvalue weighted by Gasteiger charge is -2.49. The molecule has 0 saturated carbocycles. The van der Waals surface area contributed by atoms with Crippen LogP contribution >= 0.6 is 15.6 Å². The van der Waals surface area contributed by atoms with Crippen molar-refractivity contribution in [1.29, 1.82) is 0 Å². The number of aldehydes is 2. The largest absolute Gasteiger partial charge is 0.487 e. The second-order valence-corrected chi connectivity index (χ2v) is 9.74. The number of phosphoric ester groups is 2. The van der Waals surface area contributed by atoms with Crippen molar-refractivity contribution in [3.63, 3.8) is 0 Å². The van der Waals surface area contributed by atoms with E-state index in [0.717, 1.165) is 0 Å². The molecule has 2 fully saturated rings. The van der Waals surface area contributed by atoms with E-state index in [1.54, 1.807) is 0 Å². The van der Waals surface area contributed by atoms with Gasteiger partial charge in [0.2, 0.25) is 0 Å². The van der Waals surface area contributed by atoms with Crippen LogP contribution in [-0.4, -0.2) is 122 Å². The smallest absolute Gasteiger partial charge is 0.388 e. The highest BCUT2D eigenvalue weighted by Crippen LogP contribution is 2.78. The zero-order chi connectivity index (χ0) is 25.2. The van der Waals surface area contributed by atoms with E-state index in [1.807, 2.05) is 0 Å². The minimum absolute atomic E-state index is 0.104. The van der Waals surface area contributed by atoms with Gasteiger partial charge in [-0.15, -0.1) is 0 Å². The topological polar surface area (TPSA) is 285 Å². The molecule has 2 rings (SSSR count). The van der Waals surface area contributed by atoms with Crippen LogP contribution in [0.5, 0.6) is 0 Å². The number of rotatable bonds is 14. The van der Waals surface area contributed by atoms with Gasteiger partial charge in [-0.3, -0.25) is 9.05 Å². The van der Waals surface area contributed by atoms with Gasteiger partial charge in [-0.25, -0.2) is 27.2 Å². The monoisotopic (exact) mass is 528 g/mol. The van der Waals surface area contributed by atoms with Crippen molar-refractivity contribution in [3.05, 3.63) is 0 Å². The minimum Gasteiger partial charge on any atom is -0.388 e. The molecule has 192 valence electrons. The van der Waals surface area contributed by atoms with Crippen molar-refractivity contribution in [2.24, 2.45) is 0 Å². The predicted octanol–water partition coefficient (Wildman–Crippen LogP) is -4.77. The van der Waals surface area contributed by atoms with E-state index in [4.69, 9.17) is 10.2 Å². The molecule has 0 radical (unpaired) electrons. The second kappa shape index (κ2) is 10.9. The number of aliphatic hydroxyl groups is 8. The third-order valence-electron chi connectivity index (χ3n) is 4.17. The van der Waals surface area contributed by atoms with Crippen molar-refractivity contribution in [2.75, 3.05) is 13.2 Å². The zero-order valence-electron chi connectivity index (χ0n) is 16.2. The highest BCUT2D eigenvalue weighted by Gasteiger charge is 2.74. The van der Waals surface area contributed by atoms with Crippen molar-refractivity contribution < 1.29 is 86.7 Å². The van der Waals surface area contributed by atoms with Crippen LogP contribution in [0, 0.1) is 0 Å². The van der Waals surface area contributed by atoms with Gasteiger partial charge in [-0.2, -0.15) is 0 Å². The number of carbonyl (C=O) groups is 2. The highest BCUT2D eigenvalue weighted by molar-refractivity contribution is 7.52. The Kier molecular flexibility index (Phi) is 9.39. The summed E-state index contributed by atoms with van der Waals surface area (Å²) in [5.41, 5.74) is 0. The SMILES string of the molecule is O=C[C@H](O)[C@@H](O)[C@H](O)[C@H](O)COP1(=O)OC2(O1)OP(=O)(OC[C@@H](O)[C@@H](O)[C@H](O)[C@@H](O)C=O)O2. The summed E-state index contributed by atoms with van der Waals surface area (Å²) in [5, 5.41) is 75.4. The van der Waals surface area contributed by atoms with E-state index >= 15 is 0 Å². The number of phosphoric acid groups is 2. The molecule has 1 spiro atoms. The van der Waals surface area contributed by atoms with Gasteiger partial charge in [0.1, 0.15) is 48.8 Å². The van der Waals surface area contributed by atoms with Crippen LogP contribution in [0.3, 0.4) is 0 Å².